The van der Waals surface area contributed by atoms with E-state index in [4.69, 9.17) is 4.74 Å². The summed E-state index contributed by atoms with van der Waals surface area (Å²) in [6.45, 7) is 6.55. The molecule has 7 heteroatoms. The van der Waals surface area contributed by atoms with Crippen molar-refractivity contribution in [1.29, 1.82) is 0 Å². The fourth-order valence-corrected chi connectivity index (χ4v) is 3.18. The summed E-state index contributed by atoms with van der Waals surface area (Å²) in [5.41, 5.74) is 2.37. The molecule has 0 saturated carbocycles. The number of benzene rings is 1. The van der Waals surface area contributed by atoms with Gasteiger partial charge in [0.1, 0.15) is 0 Å². The third-order valence-corrected chi connectivity index (χ3v) is 5.20. The first-order valence-corrected chi connectivity index (χ1v) is 9.79. The number of carbonyl (C=O) groups excluding carboxylic acids is 1. The molecule has 0 radical (unpaired) electrons. The summed E-state index contributed by atoms with van der Waals surface area (Å²) in [4.78, 5) is 16.8. The van der Waals surface area contributed by atoms with Crippen LogP contribution < -0.4 is 10.2 Å². The molecule has 0 spiro atoms. The van der Waals surface area contributed by atoms with Gasteiger partial charge >= 0.3 is 0 Å². The number of nitrogens with one attached hydrogen (secondary N) is 1. The number of carbonyl (C=O) groups is 1. The molecule has 3 rings (SSSR count). The van der Waals surface area contributed by atoms with Gasteiger partial charge in [-0.2, -0.15) is 0 Å². The van der Waals surface area contributed by atoms with Crippen molar-refractivity contribution in [3.8, 4) is 11.3 Å². The molecule has 1 N–H and O–H groups in total. The first-order valence-electron chi connectivity index (χ1n) is 9.79. The molecule has 1 atom stereocenters. The molecule has 1 aromatic heterocycles. The van der Waals surface area contributed by atoms with Crippen LogP contribution in [0.2, 0.25) is 0 Å². The van der Waals surface area contributed by atoms with E-state index < -0.39 is 0 Å². The Hall–Kier alpha value is -2.51. The van der Waals surface area contributed by atoms with Crippen LogP contribution >= 0.6 is 0 Å². The smallest absolute Gasteiger partial charge is 0.251 e. The van der Waals surface area contributed by atoms with Gasteiger partial charge in [-0.3, -0.25) is 4.79 Å². The molecular weight excluding hydrogens is 354 g/mol. The lowest BCUT2D eigenvalue weighted by molar-refractivity contribution is 0.0815. The van der Waals surface area contributed by atoms with Crippen LogP contribution in [0.25, 0.3) is 11.3 Å². The molecule has 1 aliphatic rings. The van der Waals surface area contributed by atoms with Crippen LogP contribution in [0.15, 0.2) is 36.4 Å². The fourth-order valence-electron chi connectivity index (χ4n) is 3.18. The molecule has 2 aromatic rings. The Bertz CT molecular complexity index is 751. The zero-order valence-corrected chi connectivity index (χ0v) is 16.9. The Morgan fingerprint density at radius 1 is 1.11 bits per heavy atom. The molecule has 0 unspecified atom stereocenters. The van der Waals surface area contributed by atoms with Crippen LogP contribution in [0.4, 0.5) is 5.82 Å². The third kappa shape index (κ3) is 5.05. The monoisotopic (exact) mass is 383 g/mol. The quantitative estimate of drug-likeness (QED) is 0.789. The van der Waals surface area contributed by atoms with Gasteiger partial charge in [-0.1, -0.05) is 19.1 Å². The van der Waals surface area contributed by atoms with Crippen molar-refractivity contribution in [2.75, 3.05) is 51.8 Å². The van der Waals surface area contributed by atoms with Crippen molar-refractivity contribution in [3.05, 3.63) is 42.0 Å². The van der Waals surface area contributed by atoms with E-state index in [1.807, 2.05) is 43.3 Å². The van der Waals surface area contributed by atoms with Crippen molar-refractivity contribution in [1.82, 2.24) is 20.4 Å². The topological polar surface area (TPSA) is 70.6 Å². The summed E-state index contributed by atoms with van der Waals surface area (Å²) >= 11 is 0. The first kappa shape index (κ1) is 20.2. The summed E-state index contributed by atoms with van der Waals surface area (Å²) < 4.78 is 5.29. The summed E-state index contributed by atoms with van der Waals surface area (Å²) in [6.07, 6.45) is 0.899. The molecule has 7 nitrogen and oxygen atoms in total. The maximum atomic E-state index is 12.3. The number of nitrogens with zero attached hydrogens (tertiary/aromatic N) is 4. The average Bonchev–Trinajstić information content (AvgIpc) is 2.75. The highest BCUT2D eigenvalue weighted by molar-refractivity contribution is 5.94. The fraction of sp³-hybridized carbons (Fsp3) is 0.476. The van der Waals surface area contributed by atoms with Crippen LogP contribution in [0.1, 0.15) is 23.7 Å². The maximum Gasteiger partial charge on any atom is 0.251 e. The number of amides is 1. The van der Waals surface area contributed by atoms with E-state index >= 15 is 0 Å². The molecule has 2 heterocycles. The lowest BCUT2D eigenvalue weighted by Gasteiger charge is -2.32. The second-order valence-electron chi connectivity index (χ2n) is 7.12. The highest BCUT2D eigenvalue weighted by Gasteiger charge is 2.16. The zero-order chi connectivity index (χ0) is 19.9. The van der Waals surface area contributed by atoms with Gasteiger partial charge in [0, 0.05) is 51.0 Å². The number of ether oxygens (including phenoxy) is 1. The van der Waals surface area contributed by atoms with E-state index in [2.05, 4.69) is 32.4 Å². The van der Waals surface area contributed by atoms with Crippen LogP contribution in [-0.2, 0) is 4.74 Å². The van der Waals surface area contributed by atoms with E-state index in [1.165, 1.54) is 0 Å². The number of piperazine rings is 1. The third-order valence-electron chi connectivity index (χ3n) is 5.20. The van der Waals surface area contributed by atoms with Crippen LogP contribution in [0.5, 0.6) is 0 Å². The van der Waals surface area contributed by atoms with Gasteiger partial charge in [0.15, 0.2) is 5.82 Å². The Morgan fingerprint density at radius 2 is 1.82 bits per heavy atom. The number of rotatable bonds is 7. The highest BCUT2D eigenvalue weighted by Crippen LogP contribution is 2.20. The molecule has 1 saturated heterocycles. The molecular formula is C21H29N5O2. The van der Waals surface area contributed by atoms with E-state index in [0.29, 0.717) is 12.1 Å². The SMILES string of the molecule is CC[C@@H](CNC(=O)c1ccc(-c2ccc(N3CCN(C)CC3)nn2)cc1)OC. The zero-order valence-electron chi connectivity index (χ0n) is 16.9. The van der Waals surface area contributed by atoms with Gasteiger partial charge in [0.2, 0.25) is 0 Å². The van der Waals surface area contributed by atoms with Gasteiger partial charge in [0.05, 0.1) is 11.8 Å². The van der Waals surface area contributed by atoms with Crippen LogP contribution in [0, 0.1) is 0 Å². The summed E-state index contributed by atoms with van der Waals surface area (Å²) in [5, 5.41) is 11.7. The Kier molecular flexibility index (Phi) is 6.95. The number of likely N-dealkylation sites (N-methyl/N-ethyl adjacent to an activating group) is 1. The van der Waals surface area contributed by atoms with E-state index in [0.717, 1.165) is 49.7 Å². The molecule has 1 aliphatic heterocycles. The number of hydrogen-bond donors (Lipinski definition) is 1. The number of hydrogen-bond acceptors (Lipinski definition) is 6. The van der Waals surface area contributed by atoms with Gasteiger partial charge in [-0.05, 0) is 37.7 Å². The van der Waals surface area contributed by atoms with Crippen molar-refractivity contribution >= 4 is 11.7 Å². The lowest BCUT2D eigenvalue weighted by Crippen LogP contribution is -2.44. The maximum absolute atomic E-state index is 12.3. The largest absolute Gasteiger partial charge is 0.380 e. The minimum absolute atomic E-state index is 0.0392. The van der Waals surface area contributed by atoms with Crippen molar-refractivity contribution in [3.63, 3.8) is 0 Å². The molecule has 0 bridgehead atoms. The molecule has 150 valence electrons. The van der Waals surface area contributed by atoms with Gasteiger partial charge < -0.3 is 19.9 Å². The van der Waals surface area contributed by atoms with Gasteiger partial charge in [-0.25, -0.2) is 0 Å². The first-order chi connectivity index (χ1) is 13.6. The summed E-state index contributed by atoms with van der Waals surface area (Å²) in [5.74, 6) is 0.815. The van der Waals surface area contributed by atoms with Crippen molar-refractivity contribution < 1.29 is 9.53 Å². The lowest BCUT2D eigenvalue weighted by atomic mass is 10.1. The predicted octanol–water partition coefficient (Wildman–Crippen LogP) is 2.05. The van der Waals surface area contributed by atoms with E-state index in [9.17, 15) is 4.79 Å². The number of aromatic nitrogens is 2. The van der Waals surface area contributed by atoms with E-state index in [1.54, 1.807) is 7.11 Å². The molecule has 1 amide bonds. The Labute approximate surface area is 166 Å². The Balaban J connectivity index is 1.61. The predicted molar refractivity (Wildman–Crippen MR) is 111 cm³/mol. The number of anilines is 1. The molecule has 1 aromatic carbocycles. The molecule has 28 heavy (non-hydrogen) atoms. The summed E-state index contributed by atoms with van der Waals surface area (Å²) in [6, 6.07) is 11.4. The Morgan fingerprint density at radius 3 is 2.39 bits per heavy atom. The van der Waals surface area contributed by atoms with Crippen LogP contribution in [0.3, 0.4) is 0 Å². The summed E-state index contributed by atoms with van der Waals surface area (Å²) in [7, 11) is 3.79. The van der Waals surface area contributed by atoms with Gasteiger partial charge in [-0.15, -0.1) is 10.2 Å². The van der Waals surface area contributed by atoms with Gasteiger partial charge in [0.25, 0.3) is 5.91 Å². The van der Waals surface area contributed by atoms with Crippen molar-refractivity contribution in [2.24, 2.45) is 0 Å². The number of methoxy groups -OCH3 is 1. The molecule has 1 fully saturated rings. The van der Waals surface area contributed by atoms with E-state index in [-0.39, 0.29) is 12.0 Å². The molecule has 0 aliphatic carbocycles. The standard InChI is InChI=1S/C21H29N5O2/c1-4-18(28-3)15-22-21(27)17-7-5-16(6-8-17)19-9-10-20(24-23-19)26-13-11-25(2)12-14-26/h5-10,18H,4,11-15H2,1-3H3,(H,22,27)/t18-/m0/s1. The normalized spacial score (nSPS) is 16.0. The van der Waals surface area contributed by atoms with Crippen molar-refractivity contribution in [2.45, 2.75) is 19.4 Å². The average molecular weight is 383 g/mol. The highest BCUT2D eigenvalue weighted by atomic mass is 16.5. The minimum atomic E-state index is -0.0986. The second kappa shape index (κ2) is 9.61. The van der Waals surface area contributed by atoms with Crippen LogP contribution in [-0.4, -0.2) is 74.0 Å². The second-order valence-corrected chi connectivity index (χ2v) is 7.12. The minimum Gasteiger partial charge on any atom is -0.380 e.